The first-order valence-corrected chi connectivity index (χ1v) is 10.1. The number of carbonyl (C=O) groups excluding carboxylic acids is 1. The number of rotatable bonds is 6. The molecule has 0 aliphatic carbocycles. The maximum atomic E-state index is 12.6. The first kappa shape index (κ1) is 19.7. The summed E-state index contributed by atoms with van der Waals surface area (Å²) in [6.07, 6.45) is 4.59. The number of aromatic nitrogens is 2. The number of nitrogens with zero attached hydrogens (tertiary/aromatic N) is 2. The largest absolute Gasteiger partial charge is 0.322 e. The minimum absolute atomic E-state index is 0.0147. The molecule has 2 aromatic carbocycles. The fourth-order valence-electron chi connectivity index (χ4n) is 2.40. The van der Waals surface area contributed by atoms with E-state index in [9.17, 15) is 13.2 Å². The van der Waals surface area contributed by atoms with Crippen molar-refractivity contribution in [3.63, 3.8) is 0 Å². The Balaban J connectivity index is 1.73. The molecular formula is C19H17ClN4O3S. The number of benzene rings is 2. The van der Waals surface area contributed by atoms with Crippen molar-refractivity contribution in [2.24, 2.45) is 7.05 Å². The Bertz CT molecular complexity index is 1140. The molecule has 0 aliphatic heterocycles. The monoisotopic (exact) mass is 416 g/mol. The fraction of sp³-hybridized carbons (Fsp3) is 0.0526. The van der Waals surface area contributed by atoms with E-state index in [0.717, 1.165) is 5.69 Å². The summed E-state index contributed by atoms with van der Waals surface area (Å²) in [6, 6.07) is 14.1. The second-order valence-corrected chi connectivity index (χ2v) is 7.96. The molecule has 0 saturated heterocycles. The zero-order valence-corrected chi connectivity index (χ0v) is 16.4. The third-order valence-electron chi connectivity index (χ3n) is 3.75. The van der Waals surface area contributed by atoms with Gasteiger partial charge in [-0.1, -0.05) is 23.7 Å². The molecule has 0 bridgehead atoms. The Morgan fingerprint density at radius 3 is 2.57 bits per heavy atom. The van der Waals surface area contributed by atoms with Gasteiger partial charge in [-0.15, -0.1) is 0 Å². The SMILES string of the molecule is Cn1nccc1C=CC(=O)Nc1cccc(S(=O)(=O)Nc2cccc(Cl)c2)c1. The molecule has 2 N–H and O–H groups in total. The van der Waals surface area contributed by atoms with E-state index in [1.807, 2.05) is 0 Å². The van der Waals surface area contributed by atoms with Crippen LogP contribution in [-0.2, 0) is 21.9 Å². The van der Waals surface area contributed by atoms with Crippen molar-refractivity contribution in [2.75, 3.05) is 10.0 Å². The van der Waals surface area contributed by atoms with Crippen LogP contribution in [0.4, 0.5) is 11.4 Å². The van der Waals surface area contributed by atoms with Crippen LogP contribution < -0.4 is 10.0 Å². The van der Waals surface area contributed by atoms with Crippen molar-refractivity contribution >= 4 is 45.0 Å². The molecule has 0 unspecified atom stereocenters. The van der Waals surface area contributed by atoms with Gasteiger partial charge in [-0.2, -0.15) is 5.10 Å². The minimum Gasteiger partial charge on any atom is -0.322 e. The van der Waals surface area contributed by atoms with Crippen molar-refractivity contribution in [3.05, 3.63) is 77.6 Å². The Kier molecular flexibility index (Phi) is 5.81. The maximum Gasteiger partial charge on any atom is 0.261 e. The highest BCUT2D eigenvalue weighted by molar-refractivity contribution is 7.92. The number of sulfonamides is 1. The summed E-state index contributed by atoms with van der Waals surface area (Å²) in [5, 5.41) is 7.07. The summed E-state index contributed by atoms with van der Waals surface area (Å²) in [5.41, 5.74) is 1.46. The van der Waals surface area contributed by atoms with Crippen LogP contribution in [0.2, 0.25) is 5.02 Å². The van der Waals surface area contributed by atoms with Gasteiger partial charge in [-0.05, 0) is 48.5 Å². The molecule has 0 radical (unpaired) electrons. The molecule has 28 heavy (non-hydrogen) atoms. The van der Waals surface area contributed by atoms with E-state index in [0.29, 0.717) is 16.4 Å². The molecule has 0 fully saturated rings. The van der Waals surface area contributed by atoms with Gasteiger partial charge in [0.1, 0.15) is 0 Å². The van der Waals surface area contributed by atoms with E-state index in [4.69, 9.17) is 11.6 Å². The molecule has 9 heteroatoms. The zero-order valence-electron chi connectivity index (χ0n) is 14.8. The molecule has 1 aromatic heterocycles. The van der Waals surface area contributed by atoms with Gasteiger partial charge in [-0.3, -0.25) is 14.2 Å². The predicted molar refractivity (Wildman–Crippen MR) is 110 cm³/mol. The third kappa shape index (κ3) is 4.99. The molecule has 0 aliphatic rings. The lowest BCUT2D eigenvalue weighted by molar-refractivity contribution is -0.111. The first-order chi connectivity index (χ1) is 13.3. The molecular weight excluding hydrogens is 400 g/mol. The maximum absolute atomic E-state index is 12.6. The molecule has 7 nitrogen and oxygen atoms in total. The van der Waals surface area contributed by atoms with E-state index in [1.54, 1.807) is 60.4 Å². The van der Waals surface area contributed by atoms with Crippen LogP contribution in [-0.4, -0.2) is 24.1 Å². The Labute approximate surface area is 167 Å². The molecule has 1 amide bonds. The van der Waals surface area contributed by atoms with Crippen LogP contribution in [0.3, 0.4) is 0 Å². The lowest BCUT2D eigenvalue weighted by Gasteiger charge is -2.10. The van der Waals surface area contributed by atoms with Gasteiger partial charge in [-0.25, -0.2) is 8.42 Å². The second kappa shape index (κ2) is 8.28. The number of amides is 1. The van der Waals surface area contributed by atoms with Crippen molar-refractivity contribution in [3.8, 4) is 0 Å². The van der Waals surface area contributed by atoms with Gasteiger partial charge in [0.15, 0.2) is 0 Å². The van der Waals surface area contributed by atoms with Crippen molar-refractivity contribution in [1.29, 1.82) is 0 Å². The van der Waals surface area contributed by atoms with Crippen LogP contribution >= 0.6 is 11.6 Å². The summed E-state index contributed by atoms with van der Waals surface area (Å²) in [6.45, 7) is 0. The summed E-state index contributed by atoms with van der Waals surface area (Å²) < 4.78 is 29.2. The average Bonchev–Trinajstić information content (AvgIpc) is 3.05. The van der Waals surface area contributed by atoms with E-state index in [-0.39, 0.29) is 4.90 Å². The normalized spacial score (nSPS) is 11.5. The lowest BCUT2D eigenvalue weighted by atomic mass is 10.3. The van der Waals surface area contributed by atoms with E-state index >= 15 is 0 Å². The highest BCUT2D eigenvalue weighted by Crippen LogP contribution is 2.21. The van der Waals surface area contributed by atoms with E-state index < -0.39 is 15.9 Å². The quantitative estimate of drug-likeness (QED) is 0.601. The van der Waals surface area contributed by atoms with Gasteiger partial charge in [0.2, 0.25) is 5.91 Å². The summed E-state index contributed by atoms with van der Waals surface area (Å²) in [5.74, 6) is -0.390. The molecule has 1 heterocycles. The summed E-state index contributed by atoms with van der Waals surface area (Å²) in [4.78, 5) is 12.1. The molecule has 0 atom stereocenters. The van der Waals surface area contributed by atoms with Crippen molar-refractivity contribution in [2.45, 2.75) is 4.90 Å². The van der Waals surface area contributed by atoms with E-state index in [1.165, 1.54) is 24.3 Å². The van der Waals surface area contributed by atoms with E-state index in [2.05, 4.69) is 15.1 Å². The smallest absolute Gasteiger partial charge is 0.261 e. The number of nitrogens with one attached hydrogen (secondary N) is 2. The predicted octanol–water partition coefficient (Wildman–Crippen LogP) is 3.53. The fourth-order valence-corrected chi connectivity index (χ4v) is 3.68. The second-order valence-electron chi connectivity index (χ2n) is 5.85. The Hall–Kier alpha value is -3.10. The third-order valence-corrected chi connectivity index (χ3v) is 5.37. The number of hydrogen-bond acceptors (Lipinski definition) is 4. The van der Waals surface area contributed by atoms with Crippen LogP contribution in [0.25, 0.3) is 6.08 Å². The number of halogens is 1. The van der Waals surface area contributed by atoms with Gasteiger partial charge in [0.05, 0.1) is 16.3 Å². The van der Waals surface area contributed by atoms with Gasteiger partial charge < -0.3 is 5.32 Å². The van der Waals surface area contributed by atoms with Crippen molar-refractivity contribution in [1.82, 2.24) is 9.78 Å². The van der Waals surface area contributed by atoms with Crippen LogP contribution in [0.1, 0.15) is 5.69 Å². The number of hydrogen-bond donors (Lipinski definition) is 2. The Morgan fingerprint density at radius 2 is 1.86 bits per heavy atom. The van der Waals surface area contributed by atoms with Gasteiger partial charge in [0.25, 0.3) is 10.0 Å². The minimum atomic E-state index is -3.83. The van der Waals surface area contributed by atoms with Crippen molar-refractivity contribution < 1.29 is 13.2 Å². The topological polar surface area (TPSA) is 93.1 Å². The van der Waals surface area contributed by atoms with Crippen LogP contribution in [0.15, 0.2) is 71.8 Å². The summed E-state index contributed by atoms with van der Waals surface area (Å²) in [7, 11) is -2.07. The molecule has 0 saturated carbocycles. The number of anilines is 2. The number of aryl methyl sites for hydroxylation is 1. The van der Waals surface area contributed by atoms with Gasteiger partial charge in [0, 0.05) is 30.0 Å². The lowest BCUT2D eigenvalue weighted by Crippen LogP contribution is -2.14. The Morgan fingerprint density at radius 1 is 1.11 bits per heavy atom. The summed E-state index contributed by atoms with van der Waals surface area (Å²) >= 11 is 5.88. The highest BCUT2D eigenvalue weighted by atomic mass is 35.5. The van der Waals surface area contributed by atoms with Crippen LogP contribution in [0, 0.1) is 0 Å². The number of carbonyl (C=O) groups is 1. The molecule has 0 spiro atoms. The zero-order chi connectivity index (χ0) is 20.1. The van der Waals surface area contributed by atoms with Gasteiger partial charge >= 0.3 is 0 Å². The standard InChI is InChI=1S/C19H17ClN4O3S/c1-24-17(10-11-21-24)8-9-19(25)22-15-5-3-7-18(13-15)28(26,27)23-16-6-2-4-14(20)12-16/h2-13,23H,1H3,(H,22,25). The highest BCUT2D eigenvalue weighted by Gasteiger charge is 2.15. The first-order valence-electron chi connectivity index (χ1n) is 8.19. The average molecular weight is 417 g/mol. The van der Waals surface area contributed by atoms with Crippen LogP contribution in [0.5, 0.6) is 0 Å². The molecule has 3 rings (SSSR count). The molecule has 144 valence electrons. The molecule has 3 aromatic rings.